The first-order chi connectivity index (χ1) is 8.28. The topological polar surface area (TPSA) is 39.7 Å². The summed E-state index contributed by atoms with van der Waals surface area (Å²) < 4.78 is 0. The lowest BCUT2D eigenvalue weighted by atomic mass is 10.3. The summed E-state index contributed by atoms with van der Waals surface area (Å²) >= 11 is 1.84. The lowest BCUT2D eigenvalue weighted by molar-refractivity contribution is 0.300. The van der Waals surface area contributed by atoms with Crippen LogP contribution in [-0.4, -0.2) is 62.6 Å². The molecule has 0 amide bonds. The second-order valence-corrected chi connectivity index (χ2v) is 4.78. The summed E-state index contributed by atoms with van der Waals surface area (Å²) in [5.74, 6) is 2.03. The van der Waals surface area contributed by atoms with E-state index in [2.05, 4.69) is 40.6 Å². The Balaban J connectivity index is 0. The maximum atomic E-state index is 4.19. The van der Waals surface area contributed by atoms with Crippen molar-refractivity contribution in [1.29, 1.82) is 0 Å². The quantitative estimate of drug-likeness (QED) is 0.274. The molecule has 0 rings (SSSR count). The standard InChI is InChI=1S/C12H28N4S.HI/c1-5-16(6-2)10-7-8-14-12(13-3)15-9-11-17-4;/h5-11H2,1-4H3,(H2,13,14,15);1H. The molecule has 0 atom stereocenters. The molecule has 110 valence electrons. The molecule has 0 aromatic heterocycles. The Labute approximate surface area is 134 Å². The van der Waals surface area contributed by atoms with Crippen LogP contribution in [0.5, 0.6) is 0 Å². The Morgan fingerprint density at radius 2 is 1.78 bits per heavy atom. The van der Waals surface area contributed by atoms with Crippen molar-refractivity contribution in [2.45, 2.75) is 20.3 Å². The van der Waals surface area contributed by atoms with Crippen molar-refractivity contribution >= 4 is 41.7 Å². The molecule has 0 heterocycles. The largest absolute Gasteiger partial charge is 0.356 e. The first-order valence-electron chi connectivity index (χ1n) is 6.44. The molecule has 4 nitrogen and oxygen atoms in total. The van der Waals surface area contributed by atoms with Crippen LogP contribution in [0.25, 0.3) is 0 Å². The van der Waals surface area contributed by atoms with E-state index < -0.39 is 0 Å². The fourth-order valence-corrected chi connectivity index (χ4v) is 1.85. The van der Waals surface area contributed by atoms with Crippen LogP contribution in [0, 0.1) is 0 Å². The summed E-state index contributed by atoms with van der Waals surface area (Å²) in [5, 5.41) is 6.63. The van der Waals surface area contributed by atoms with Gasteiger partial charge in [-0.2, -0.15) is 11.8 Å². The predicted octanol–water partition coefficient (Wildman–Crippen LogP) is 1.86. The van der Waals surface area contributed by atoms with E-state index in [4.69, 9.17) is 0 Å². The number of rotatable bonds is 9. The Hall–Kier alpha value is 0.310. The van der Waals surface area contributed by atoms with Crippen molar-refractivity contribution in [2.75, 3.05) is 51.8 Å². The zero-order valence-electron chi connectivity index (χ0n) is 12.2. The van der Waals surface area contributed by atoms with Crippen LogP contribution in [-0.2, 0) is 0 Å². The van der Waals surface area contributed by atoms with Crippen molar-refractivity contribution in [3.05, 3.63) is 0 Å². The van der Waals surface area contributed by atoms with E-state index in [0.29, 0.717) is 0 Å². The molecule has 6 heteroatoms. The van der Waals surface area contributed by atoms with E-state index in [1.807, 2.05) is 18.8 Å². The average molecular weight is 388 g/mol. The lowest BCUT2D eigenvalue weighted by Gasteiger charge is -2.18. The van der Waals surface area contributed by atoms with Gasteiger partial charge in [0.25, 0.3) is 0 Å². The molecule has 18 heavy (non-hydrogen) atoms. The summed E-state index contributed by atoms with van der Waals surface area (Å²) in [6, 6.07) is 0. The lowest BCUT2D eigenvalue weighted by Crippen LogP contribution is -2.39. The molecule has 0 saturated heterocycles. The zero-order chi connectivity index (χ0) is 12.9. The molecular weight excluding hydrogens is 359 g/mol. The number of hydrogen-bond acceptors (Lipinski definition) is 3. The van der Waals surface area contributed by atoms with Gasteiger partial charge in [-0.1, -0.05) is 13.8 Å². The second kappa shape index (κ2) is 15.4. The maximum absolute atomic E-state index is 4.19. The van der Waals surface area contributed by atoms with Crippen LogP contribution in [0.1, 0.15) is 20.3 Å². The number of thioether (sulfide) groups is 1. The number of nitrogens with zero attached hydrogens (tertiary/aromatic N) is 2. The first-order valence-corrected chi connectivity index (χ1v) is 7.83. The van der Waals surface area contributed by atoms with Crippen LogP contribution in [0.4, 0.5) is 0 Å². The predicted molar refractivity (Wildman–Crippen MR) is 95.6 cm³/mol. The molecule has 0 saturated carbocycles. The van der Waals surface area contributed by atoms with Crippen molar-refractivity contribution in [2.24, 2.45) is 4.99 Å². The minimum atomic E-state index is 0. The Bertz CT molecular complexity index is 199. The summed E-state index contributed by atoms with van der Waals surface area (Å²) in [6.45, 7) is 9.79. The Morgan fingerprint density at radius 3 is 2.28 bits per heavy atom. The van der Waals surface area contributed by atoms with Gasteiger partial charge in [-0.05, 0) is 32.3 Å². The smallest absolute Gasteiger partial charge is 0.191 e. The van der Waals surface area contributed by atoms with Crippen molar-refractivity contribution in [3.8, 4) is 0 Å². The van der Waals surface area contributed by atoms with Gasteiger partial charge in [0.05, 0.1) is 0 Å². The Morgan fingerprint density at radius 1 is 1.17 bits per heavy atom. The van der Waals surface area contributed by atoms with E-state index in [1.54, 1.807) is 0 Å². The van der Waals surface area contributed by atoms with Crippen LogP contribution >= 0.6 is 35.7 Å². The third kappa shape index (κ3) is 11.4. The zero-order valence-corrected chi connectivity index (χ0v) is 15.3. The van der Waals surface area contributed by atoms with Crippen LogP contribution in [0.3, 0.4) is 0 Å². The highest BCUT2D eigenvalue weighted by Gasteiger charge is 1.99. The van der Waals surface area contributed by atoms with Gasteiger partial charge in [0.2, 0.25) is 0 Å². The normalized spacial score (nSPS) is 11.3. The van der Waals surface area contributed by atoms with Gasteiger partial charge in [0.1, 0.15) is 0 Å². The number of nitrogens with one attached hydrogen (secondary N) is 2. The van der Waals surface area contributed by atoms with Gasteiger partial charge in [-0.3, -0.25) is 4.99 Å². The van der Waals surface area contributed by atoms with Crippen molar-refractivity contribution in [1.82, 2.24) is 15.5 Å². The number of aliphatic imine (C=N–C) groups is 1. The fraction of sp³-hybridized carbons (Fsp3) is 0.917. The van der Waals surface area contributed by atoms with E-state index in [1.165, 1.54) is 0 Å². The molecule has 0 unspecified atom stereocenters. The molecule has 0 aromatic rings. The Kier molecular flexibility index (Phi) is 17.6. The van der Waals surface area contributed by atoms with Crippen LogP contribution in [0.2, 0.25) is 0 Å². The van der Waals surface area contributed by atoms with Gasteiger partial charge >= 0.3 is 0 Å². The second-order valence-electron chi connectivity index (χ2n) is 3.80. The summed E-state index contributed by atoms with van der Waals surface area (Å²) in [5.41, 5.74) is 0. The number of hydrogen-bond donors (Lipinski definition) is 2. The molecular formula is C12H29IN4S. The maximum Gasteiger partial charge on any atom is 0.191 e. The highest BCUT2D eigenvalue weighted by atomic mass is 127. The third-order valence-corrected chi connectivity index (χ3v) is 3.27. The minimum absolute atomic E-state index is 0. The SMILES string of the molecule is CCN(CC)CCCNC(=NC)NCCSC.I. The molecule has 0 aliphatic heterocycles. The molecule has 0 aliphatic rings. The average Bonchev–Trinajstić information content (AvgIpc) is 2.37. The van der Waals surface area contributed by atoms with E-state index in [-0.39, 0.29) is 24.0 Å². The molecule has 0 spiro atoms. The summed E-state index contributed by atoms with van der Waals surface area (Å²) in [6.07, 6.45) is 3.27. The molecule has 0 radical (unpaired) electrons. The fourth-order valence-electron chi connectivity index (χ4n) is 1.54. The minimum Gasteiger partial charge on any atom is -0.356 e. The van der Waals surface area contributed by atoms with Crippen LogP contribution in [0.15, 0.2) is 4.99 Å². The third-order valence-electron chi connectivity index (χ3n) is 2.66. The molecule has 0 fully saturated rings. The molecule has 2 N–H and O–H groups in total. The van der Waals surface area contributed by atoms with E-state index >= 15 is 0 Å². The molecule has 0 aromatic carbocycles. The monoisotopic (exact) mass is 388 g/mol. The van der Waals surface area contributed by atoms with Gasteiger partial charge in [0.15, 0.2) is 5.96 Å². The van der Waals surface area contributed by atoms with Crippen molar-refractivity contribution in [3.63, 3.8) is 0 Å². The number of halogens is 1. The van der Waals surface area contributed by atoms with Gasteiger partial charge in [0, 0.05) is 25.9 Å². The van der Waals surface area contributed by atoms with Gasteiger partial charge in [-0.15, -0.1) is 24.0 Å². The van der Waals surface area contributed by atoms with Crippen LogP contribution < -0.4 is 10.6 Å². The van der Waals surface area contributed by atoms with E-state index in [0.717, 1.165) is 50.9 Å². The molecule has 0 bridgehead atoms. The first kappa shape index (κ1) is 20.6. The number of guanidine groups is 1. The van der Waals surface area contributed by atoms with Crippen molar-refractivity contribution < 1.29 is 0 Å². The summed E-state index contributed by atoms with van der Waals surface area (Å²) in [7, 11) is 1.82. The summed E-state index contributed by atoms with van der Waals surface area (Å²) in [4.78, 5) is 6.62. The highest BCUT2D eigenvalue weighted by molar-refractivity contribution is 14.0. The van der Waals surface area contributed by atoms with Gasteiger partial charge < -0.3 is 15.5 Å². The highest BCUT2D eigenvalue weighted by Crippen LogP contribution is 1.89. The molecule has 0 aliphatic carbocycles. The van der Waals surface area contributed by atoms with E-state index in [9.17, 15) is 0 Å². The van der Waals surface area contributed by atoms with Gasteiger partial charge in [-0.25, -0.2) is 0 Å².